The standard InChI is InChI=1S/C22H27N3O3/c1-15(2)22(27)21-19(24-20(26)14-25-7-9-28-10-8-25)12-18(13-23-21)17-6-4-5-16(3)11-17/h4-6,11-13,15H,7-10,14H2,1-3H3,(H,24,26). The van der Waals surface area contributed by atoms with Crippen molar-refractivity contribution in [2.45, 2.75) is 20.8 Å². The van der Waals surface area contributed by atoms with Gasteiger partial charge in [0.15, 0.2) is 5.78 Å². The van der Waals surface area contributed by atoms with Crippen LogP contribution in [0.1, 0.15) is 29.9 Å². The van der Waals surface area contributed by atoms with Crippen LogP contribution in [0, 0.1) is 12.8 Å². The van der Waals surface area contributed by atoms with E-state index in [1.54, 1.807) is 6.20 Å². The van der Waals surface area contributed by atoms with Gasteiger partial charge in [-0.05, 0) is 18.6 Å². The Balaban J connectivity index is 1.87. The average molecular weight is 381 g/mol. The number of ketones is 1. The first-order valence-corrected chi connectivity index (χ1v) is 9.65. The number of benzene rings is 1. The van der Waals surface area contributed by atoms with Crippen LogP contribution in [-0.4, -0.2) is 54.4 Å². The van der Waals surface area contributed by atoms with E-state index in [1.165, 1.54) is 0 Å². The summed E-state index contributed by atoms with van der Waals surface area (Å²) in [5.74, 6) is -0.437. The van der Waals surface area contributed by atoms with Crippen molar-refractivity contribution in [2.75, 3.05) is 38.2 Å². The van der Waals surface area contributed by atoms with Crippen LogP contribution >= 0.6 is 0 Å². The second kappa shape index (κ2) is 9.08. The maximum absolute atomic E-state index is 12.6. The van der Waals surface area contributed by atoms with E-state index in [1.807, 2.05) is 49.9 Å². The van der Waals surface area contributed by atoms with Crippen LogP contribution < -0.4 is 5.32 Å². The van der Waals surface area contributed by atoms with Crippen LogP contribution in [0.15, 0.2) is 36.5 Å². The van der Waals surface area contributed by atoms with Crippen molar-refractivity contribution < 1.29 is 14.3 Å². The molecule has 148 valence electrons. The summed E-state index contributed by atoms with van der Waals surface area (Å²) in [6.07, 6.45) is 1.70. The number of amides is 1. The summed E-state index contributed by atoms with van der Waals surface area (Å²) in [6, 6.07) is 9.90. The zero-order valence-corrected chi connectivity index (χ0v) is 16.7. The molecule has 1 N–H and O–H groups in total. The summed E-state index contributed by atoms with van der Waals surface area (Å²) in [7, 11) is 0. The summed E-state index contributed by atoms with van der Waals surface area (Å²) in [5, 5.41) is 2.91. The first kappa shape index (κ1) is 20.2. The fraction of sp³-hybridized carbons (Fsp3) is 0.409. The second-order valence-electron chi connectivity index (χ2n) is 7.45. The van der Waals surface area contributed by atoms with E-state index in [2.05, 4.69) is 16.4 Å². The molecule has 6 nitrogen and oxygen atoms in total. The quantitative estimate of drug-likeness (QED) is 0.778. The molecular formula is C22H27N3O3. The van der Waals surface area contributed by atoms with E-state index >= 15 is 0 Å². The van der Waals surface area contributed by atoms with Crippen LogP contribution in [0.2, 0.25) is 0 Å². The van der Waals surface area contributed by atoms with Gasteiger partial charge in [0.1, 0.15) is 5.69 Å². The fourth-order valence-corrected chi connectivity index (χ4v) is 3.16. The zero-order chi connectivity index (χ0) is 20.1. The van der Waals surface area contributed by atoms with Crippen LogP contribution in [-0.2, 0) is 9.53 Å². The highest BCUT2D eigenvalue weighted by atomic mass is 16.5. The minimum absolute atomic E-state index is 0.0857. The molecule has 2 heterocycles. The van der Waals surface area contributed by atoms with E-state index in [4.69, 9.17) is 4.74 Å². The lowest BCUT2D eigenvalue weighted by Gasteiger charge is -2.26. The van der Waals surface area contributed by atoms with Crippen LogP contribution in [0.4, 0.5) is 5.69 Å². The number of aryl methyl sites for hydroxylation is 1. The lowest BCUT2D eigenvalue weighted by molar-refractivity contribution is -0.118. The average Bonchev–Trinajstić information content (AvgIpc) is 2.68. The molecule has 0 aliphatic carbocycles. The fourth-order valence-electron chi connectivity index (χ4n) is 3.16. The topological polar surface area (TPSA) is 71.5 Å². The highest BCUT2D eigenvalue weighted by Gasteiger charge is 2.20. The molecule has 0 saturated carbocycles. The molecule has 1 aromatic heterocycles. The number of aromatic nitrogens is 1. The van der Waals surface area contributed by atoms with Crippen LogP contribution in [0.25, 0.3) is 11.1 Å². The number of hydrogen-bond acceptors (Lipinski definition) is 5. The van der Waals surface area contributed by atoms with Gasteiger partial charge in [0.25, 0.3) is 0 Å². The lowest BCUT2D eigenvalue weighted by Crippen LogP contribution is -2.41. The minimum atomic E-state index is -0.202. The van der Waals surface area contributed by atoms with Gasteiger partial charge < -0.3 is 10.1 Å². The first-order chi connectivity index (χ1) is 13.4. The number of carbonyl (C=O) groups excluding carboxylic acids is 2. The van der Waals surface area contributed by atoms with Gasteiger partial charge in [-0.2, -0.15) is 0 Å². The van der Waals surface area contributed by atoms with Gasteiger partial charge in [0.2, 0.25) is 5.91 Å². The number of nitrogens with one attached hydrogen (secondary N) is 1. The summed E-state index contributed by atoms with van der Waals surface area (Å²) in [6.45, 7) is 8.69. The molecular weight excluding hydrogens is 354 g/mol. The van der Waals surface area contributed by atoms with E-state index in [0.29, 0.717) is 24.6 Å². The molecule has 28 heavy (non-hydrogen) atoms. The number of morpholine rings is 1. The summed E-state index contributed by atoms with van der Waals surface area (Å²) >= 11 is 0. The predicted octanol–water partition coefficient (Wildman–Crippen LogP) is 3.17. The van der Waals surface area contributed by atoms with Crippen molar-refractivity contribution in [3.63, 3.8) is 0 Å². The van der Waals surface area contributed by atoms with Gasteiger partial charge in [-0.3, -0.25) is 19.5 Å². The van der Waals surface area contributed by atoms with Crippen LogP contribution in [0.5, 0.6) is 0 Å². The molecule has 3 rings (SSSR count). The summed E-state index contributed by atoms with van der Waals surface area (Å²) in [4.78, 5) is 31.6. The molecule has 0 atom stereocenters. The van der Waals surface area contributed by atoms with Gasteiger partial charge in [0.05, 0.1) is 25.4 Å². The van der Waals surface area contributed by atoms with Gasteiger partial charge in [0, 0.05) is 30.8 Å². The van der Waals surface area contributed by atoms with Crippen molar-refractivity contribution in [1.29, 1.82) is 0 Å². The van der Waals surface area contributed by atoms with E-state index in [-0.39, 0.29) is 24.2 Å². The summed E-state index contributed by atoms with van der Waals surface area (Å²) in [5.41, 5.74) is 3.78. The largest absolute Gasteiger partial charge is 0.379 e. The third kappa shape index (κ3) is 5.03. The Morgan fingerprint density at radius 3 is 2.61 bits per heavy atom. The summed E-state index contributed by atoms with van der Waals surface area (Å²) < 4.78 is 5.32. The number of hydrogen-bond donors (Lipinski definition) is 1. The molecule has 0 unspecified atom stereocenters. The number of anilines is 1. The Labute approximate surface area is 165 Å². The third-order valence-corrected chi connectivity index (χ3v) is 4.74. The molecule has 1 aliphatic heterocycles. The predicted molar refractivity (Wildman–Crippen MR) is 109 cm³/mol. The molecule has 0 spiro atoms. The number of ether oxygens (including phenoxy) is 1. The van der Waals surface area contributed by atoms with Gasteiger partial charge in [-0.25, -0.2) is 0 Å². The number of Topliss-reactive ketones (excluding diaryl/α,β-unsaturated/α-hetero) is 1. The van der Waals surface area contributed by atoms with E-state index < -0.39 is 0 Å². The van der Waals surface area contributed by atoms with Gasteiger partial charge in [-0.15, -0.1) is 0 Å². The molecule has 0 radical (unpaired) electrons. The van der Waals surface area contributed by atoms with Crippen molar-refractivity contribution in [3.8, 4) is 11.1 Å². The number of pyridine rings is 1. The molecule has 2 aromatic rings. The molecule has 1 amide bonds. The number of nitrogens with zero attached hydrogens (tertiary/aromatic N) is 2. The minimum Gasteiger partial charge on any atom is -0.379 e. The molecule has 1 aromatic carbocycles. The van der Waals surface area contributed by atoms with E-state index in [0.717, 1.165) is 29.8 Å². The number of rotatable bonds is 6. The Morgan fingerprint density at radius 2 is 1.93 bits per heavy atom. The van der Waals surface area contributed by atoms with Crippen molar-refractivity contribution in [1.82, 2.24) is 9.88 Å². The Kier molecular flexibility index (Phi) is 6.54. The van der Waals surface area contributed by atoms with Gasteiger partial charge >= 0.3 is 0 Å². The highest BCUT2D eigenvalue weighted by Crippen LogP contribution is 2.26. The molecule has 1 fully saturated rings. The normalized spacial score (nSPS) is 14.9. The Morgan fingerprint density at radius 1 is 1.18 bits per heavy atom. The molecule has 1 saturated heterocycles. The maximum Gasteiger partial charge on any atom is 0.238 e. The molecule has 0 bridgehead atoms. The molecule has 1 aliphatic rings. The maximum atomic E-state index is 12.6. The molecule has 6 heteroatoms. The monoisotopic (exact) mass is 381 g/mol. The number of carbonyl (C=O) groups is 2. The zero-order valence-electron chi connectivity index (χ0n) is 16.7. The van der Waals surface area contributed by atoms with Crippen molar-refractivity contribution in [3.05, 3.63) is 47.8 Å². The first-order valence-electron chi connectivity index (χ1n) is 9.65. The smallest absolute Gasteiger partial charge is 0.238 e. The van der Waals surface area contributed by atoms with E-state index in [9.17, 15) is 9.59 Å². The Bertz CT molecular complexity index is 858. The van der Waals surface area contributed by atoms with Gasteiger partial charge in [-0.1, -0.05) is 43.7 Å². The lowest BCUT2D eigenvalue weighted by atomic mass is 10.0. The highest BCUT2D eigenvalue weighted by molar-refractivity contribution is 6.05. The Hall–Kier alpha value is -2.57. The third-order valence-electron chi connectivity index (χ3n) is 4.74. The SMILES string of the molecule is Cc1cccc(-c2cnc(C(=O)C(C)C)c(NC(=O)CN3CCOCC3)c2)c1. The second-order valence-corrected chi connectivity index (χ2v) is 7.45. The van der Waals surface area contributed by atoms with Crippen LogP contribution in [0.3, 0.4) is 0 Å². The van der Waals surface area contributed by atoms with Crippen molar-refractivity contribution in [2.24, 2.45) is 5.92 Å². The van der Waals surface area contributed by atoms with Crippen molar-refractivity contribution >= 4 is 17.4 Å².